The van der Waals surface area contributed by atoms with E-state index in [0.717, 1.165) is 19.4 Å². The number of amides is 1. The van der Waals surface area contributed by atoms with E-state index >= 15 is 0 Å². The minimum absolute atomic E-state index is 0.0980. The zero-order valence-electron chi connectivity index (χ0n) is 14.0. The van der Waals surface area contributed by atoms with Gasteiger partial charge in [-0.2, -0.15) is 0 Å². The average molecular weight is 388 g/mol. The highest BCUT2D eigenvalue weighted by Crippen LogP contribution is 2.31. The van der Waals surface area contributed by atoms with E-state index in [1.807, 2.05) is 4.90 Å². The van der Waals surface area contributed by atoms with E-state index in [1.54, 1.807) is 18.2 Å². The van der Waals surface area contributed by atoms with Crippen molar-refractivity contribution in [2.24, 2.45) is 5.92 Å². The Labute approximate surface area is 157 Å². The number of aliphatic carboxylic acids is 1. The van der Waals surface area contributed by atoms with Gasteiger partial charge in [0, 0.05) is 25.9 Å². The van der Waals surface area contributed by atoms with Gasteiger partial charge in [-0.25, -0.2) is 0 Å². The molecule has 2 rings (SSSR count). The fourth-order valence-corrected chi connectivity index (χ4v) is 3.36. The van der Waals surface area contributed by atoms with Crippen LogP contribution in [0.25, 0.3) is 0 Å². The summed E-state index contributed by atoms with van der Waals surface area (Å²) in [5.74, 6) is 0.129. The van der Waals surface area contributed by atoms with Gasteiger partial charge in [-0.1, -0.05) is 29.3 Å². The van der Waals surface area contributed by atoms with Crippen LogP contribution < -0.4 is 4.74 Å². The molecule has 7 heteroatoms. The molecule has 0 bridgehead atoms. The minimum Gasteiger partial charge on any atom is -0.492 e. The van der Waals surface area contributed by atoms with Crippen LogP contribution in [0.15, 0.2) is 18.2 Å². The number of benzene rings is 1. The molecule has 1 heterocycles. The largest absolute Gasteiger partial charge is 0.492 e. The minimum atomic E-state index is -0.778. The number of carbonyl (C=O) groups excluding carboxylic acids is 1. The number of piperidine rings is 1. The number of rotatable bonds is 8. The first-order valence-electron chi connectivity index (χ1n) is 8.53. The molecule has 1 aliphatic rings. The molecule has 1 aromatic carbocycles. The third kappa shape index (κ3) is 6.40. The molecule has 1 atom stereocenters. The summed E-state index contributed by atoms with van der Waals surface area (Å²) in [4.78, 5) is 24.9. The van der Waals surface area contributed by atoms with Gasteiger partial charge in [0.25, 0.3) is 0 Å². The molecule has 1 unspecified atom stereocenters. The van der Waals surface area contributed by atoms with Crippen molar-refractivity contribution >= 4 is 35.1 Å². The van der Waals surface area contributed by atoms with Crippen molar-refractivity contribution in [1.29, 1.82) is 0 Å². The third-order valence-electron chi connectivity index (χ3n) is 4.35. The van der Waals surface area contributed by atoms with Crippen molar-refractivity contribution in [1.82, 2.24) is 4.90 Å². The normalized spacial score (nSPS) is 17.4. The molecule has 1 aromatic rings. The van der Waals surface area contributed by atoms with Gasteiger partial charge in [-0.3, -0.25) is 9.59 Å². The van der Waals surface area contributed by atoms with Crippen LogP contribution in [-0.4, -0.2) is 41.6 Å². The predicted octanol–water partition coefficient (Wildman–Crippen LogP) is 4.26. The van der Waals surface area contributed by atoms with Gasteiger partial charge in [-0.15, -0.1) is 0 Å². The average Bonchev–Trinajstić information content (AvgIpc) is 2.60. The Kier molecular flexibility index (Phi) is 7.85. The van der Waals surface area contributed by atoms with Crippen LogP contribution in [0.3, 0.4) is 0 Å². The lowest BCUT2D eigenvalue weighted by atomic mass is 9.93. The van der Waals surface area contributed by atoms with Gasteiger partial charge >= 0.3 is 5.97 Å². The van der Waals surface area contributed by atoms with Gasteiger partial charge in [-0.05, 0) is 43.7 Å². The number of hydrogen-bond acceptors (Lipinski definition) is 3. The molecule has 0 saturated carbocycles. The number of carbonyl (C=O) groups is 2. The number of nitrogens with zero attached hydrogens (tertiary/aromatic N) is 1. The van der Waals surface area contributed by atoms with E-state index in [2.05, 4.69) is 0 Å². The number of carboxylic acid groups (broad SMARTS) is 1. The van der Waals surface area contributed by atoms with Crippen LogP contribution in [0.5, 0.6) is 5.75 Å². The first-order chi connectivity index (χ1) is 12.0. The Balaban J connectivity index is 1.71. The Morgan fingerprint density at radius 1 is 1.28 bits per heavy atom. The fraction of sp³-hybridized carbons (Fsp3) is 0.556. The van der Waals surface area contributed by atoms with Crippen LogP contribution >= 0.6 is 23.2 Å². The second-order valence-electron chi connectivity index (χ2n) is 6.28. The predicted molar refractivity (Wildman–Crippen MR) is 97.4 cm³/mol. The molecule has 1 N–H and O–H groups in total. The zero-order valence-corrected chi connectivity index (χ0v) is 15.6. The summed E-state index contributed by atoms with van der Waals surface area (Å²) in [5, 5.41) is 9.60. The van der Waals surface area contributed by atoms with Gasteiger partial charge in [0.05, 0.1) is 11.6 Å². The number of ether oxygens (including phenoxy) is 1. The fourth-order valence-electron chi connectivity index (χ4n) is 3.01. The molecule has 0 radical (unpaired) electrons. The van der Waals surface area contributed by atoms with Crippen molar-refractivity contribution < 1.29 is 19.4 Å². The van der Waals surface area contributed by atoms with Crippen molar-refractivity contribution in [2.75, 3.05) is 19.7 Å². The Bertz CT molecular complexity index is 609. The molecule has 25 heavy (non-hydrogen) atoms. The molecular weight excluding hydrogens is 365 g/mol. The van der Waals surface area contributed by atoms with Crippen molar-refractivity contribution in [2.45, 2.75) is 38.5 Å². The molecule has 0 aromatic heterocycles. The molecule has 1 aliphatic heterocycles. The third-order valence-corrected chi connectivity index (χ3v) is 5.15. The van der Waals surface area contributed by atoms with E-state index in [-0.39, 0.29) is 18.2 Å². The monoisotopic (exact) mass is 387 g/mol. The summed E-state index contributed by atoms with van der Waals surface area (Å²) in [5.41, 5.74) is 0. The van der Waals surface area contributed by atoms with Crippen LogP contribution in [-0.2, 0) is 9.59 Å². The summed E-state index contributed by atoms with van der Waals surface area (Å²) in [6.45, 7) is 1.80. The van der Waals surface area contributed by atoms with E-state index in [9.17, 15) is 9.59 Å². The van der Waals surface area contributed by atoms with E-state index < -0.39 is 5.97 Å². The SMILES string of the molecule is O=C(O)CCC1CCCN(C(=O)CCCOc2cccc(Cl)c2Cl)C1. The molecular formula is C18H23Cl2NO4. The summed E-state index contributed by atoms with van der Waals surface area (Å²) >= 11 is 12.0. The summed E-state index contributed by atoms with van der Waals surface area (Å²) in [6, 6.07) is 5.20. The highest BCUT2D eigenvalue weighted by Gasteiger charge is 2.23. The molecule has 0 aliphatic carbocycles. The lowest BCUT2D eigenvalue weighted by Crippen LogP contribution is -2.40. The Hall–Kier alpha value is -1.46. The van der Waals surface area contributed by atoms with Crippen molar-refractivity contribution in [3.05, 3.63) is 28.2 Å². The number of hydrogen-bond donors (Lipinski definition) is 1. The highest BCUT2D eigenvalue weighted by molar-refractivity contribution is 6.42. The van der Waals surface area contributed by atoms with Crippen molar-refractivity contribution in [3.63, 3.8) is 0 Å². The van der Waals surface area contributed by atoms with Gasteiger partial charge in [0.1, 0.15) is 10.8 Å². The topological polar surface area (TPSA) is 66.8 Å². The molecule has 1 amide bonds. The Morgan fingerprint density at radius 3 is 2.84 bits per heavy atom. The van der Waals surface area contributed by atoms with Crippen LogP contribution in [0.1, 0.15) is 38.5 Å². The van der Waals surface area contributed by atoms with Crippen LogP contribution in [0.4, 0.5) is 0 Å². The zero-order chi connectivity index (χ0) is 18.2. The van der Waals surface area contributed by atoms with Crippen LogP contribution in [0.2, 0.25) is 10.0 Å². The summed E-state index contributed by atoms with van der Waals surface area (Å²) in [7, 11) is 0. The number of halogens is 2. The standard InChI is InChI=1S/C18H23Cl2NO4/c19-14-5-1-6-15(18(14)20)25-11-3-7-16(22)21-10-2-4-13(12-21)8-9-17(23)24/h1,5-6,13H,2-4,7-12H2,(H,23,24). The Morgan fingerprint density at radius 2 is 2.08 bits per heavy atom. The number of likely N-dealkylation sites (tertiary alicyclic amines) is 1. The first kappa shape index (κ1) is 19.9. The van der Waals surface area contributed by atoms with Gasteiger partial charge < -0.3 is 14.7 Å². The molecule has 1 fully saturated rings. The summed E-state index contributed by atoms with van der Waals surface area (Å²) < 4.78 is 5.59. The second-order valence-corrected chi connectivity index (χ2v) is 7.07. The molecule has 0 spiro atoms. The lowest BCUT2D eigenvalue weighted by molar-refractivity contribution is -0.137. The first-order valence-corrected chi connectivity index (χ1v) is 9.29. The summed E-state index contributed by atoms with van der Waals surface area (Å²) in [6.07, 6.45) is 3.73. The highest BCUT2D eigenvalue weighted by atomic mass is 35.5. The van der Waals surface area contributed by atoms with Gasteiger partial charge in [0.2, 0.25) is 5.91 Å². The maximum absolute atomic E-state index is 12.3. The van der Waals surface area contributed by atoms with Crippen molar-refractivity contribution in [3.8, 4) is 5.75 Å². The maximum atomic E-state index is 12.3. The maximum Gasteiger partial charge on any atom is 0.303 e. The van der Waals surface area contributed by atoms with E-state index in [0.29, 0.717) is 48.2 Å². The van der Waals surface area contributed by atoms with Gasteiger partial charge in [0.15, 0.2) is 0 Å². The molecule has 5 nitrogen and oxygen atoms in total. The quantitative estimate of drug-likeness (QED) is 0.676. The lowest BCUT2D eigenvalue weighted by Gasteiger charge is -2.32. The second kappa shape index (κ2) is 9.88. The molecule has 138 valence electrons. The van der Waals surface area contributed by atoms with E-state index in [4.69, 9.17) is 33.0 Å². The number of carboxylic acids is 1. The van der Waals surface area contributed by atoms with E-state index in [1.165, 1.54) is 0 Å². The van der Waals surface area contributed by atoms with Crippen LogP contribution in [0, 0.1) is 5.92 Å². The smallest absolute Gasteiger partial charge is 0.303 e. The molecule has 1 saturated heterocycles.